The third-order valence-corrected chi connectivity index (χ3v) is 2.48. The van der Waals surface area contributed by atoms with E-state index in [-0.39, 0.29) is 17.9 Å². The molecule has 1 aromatic rings. The Hall–Kier alpha value is -1.71. The summed E-state index contributed by atoms with van der Waals surface area (Å²) in [6, 6.07) is 9.10. The number of rotatable bonds is 5. The Kier molecular flexibility index (Phi) is 3.55. The first-order valence-electron chi connectivity index (χ1n) is 4.69. The van der Waals surface area contributed by atoms with Gasteiger partial charge in [-0.3, -0.25) is 10.1 Å². The fraction of sp³-hybridized carbons (Fsp3) is 0.364. The van der Waals surface area contributed by atoms with Crippen LogP contribution in [0.1, 0.15) is 18.9 Å². The van der Waals surface area contributed by atoms with Gasteiger partial charge in [0.1, 0.15) is 6.29 Å². The zero-order valence-corrected chi connectivity index (χ0v) is 8.55. The molecule has 0 aromatic heterocycles. The smallest absolute Gasteiger partial charge is 0.213 e. The summed E-state index contributed by atoms with van der Waals surface area (Å²) < 4.78 is 0. The van der Waals surface area contributed by atoms with E-state index in [1.165, 1.54) is 0 Å². The van der Waals surface area contributed by atoms with Crippen LogP contribution in [0, 0.1) is 10.1 Å². The number of aldehydes is 1. The van der Waals surface area contributed by atoms with Crippen molar-refractivity contribution < 1.29 is 9.72 Å². The Balaban J connectivity index is 3.00. The molecule has 0 aliphatic carbocycles. The van der Waals surface area contributed by atoms with E-state index in [0.717, 1.165) is 11.8 Å². The van der Waals surface area contributed by atoms with Crippen LogP contribution in [0.25, 0.3) is 0 Å². The molecular formula is C11H13NO3. The van der Waals surface area contributed by atoms with Crippen molar-refractivity contribution in [1.82, 2.24) is 0 Å². The Labute approximate surface area is 88.1 Å². The molecule has 80 valence electrons. The van der Waals surface area contributed by atoms with Crippen molar-refractivity contribution in [3.05, 3.63) is 46.0 Å². The fourth-order valence-electron chi connectivity index (χ4n) is 1.58. The largest absolute Gasteiger partial charge is 0.303 e. The zero-order chi connectivity index (χ0) is 11.3. The molecule has 4 heteroatoms. The normalized spacial score (nSPS) is 14.2. The maximum atomic E-state index is 10.6. The second-order valence-electron chi connectivity index (χ2n) is 3.79. The second kappa shape index (κ2) is 4.68. The average molecular weight is 207 g/mol. The van der Waals surface area contributed by atoms with Gasteiger partial charge in [-0.15, -0.1) is 0 Å². The minimum Gasteiger partial charge on any atom is -0.303 e. The molecule has 15 heavy (non-hydrogen) atoms. The zero-order valence-electron chi connectivity index (χ0n) is 8.55. The highest BCUT2D eigenvalue weighted by Crippen LogP contribution is 2.26. The van der Waals surface area contributed by atoms with Crippen LogP contribution in [0.5, 0.6) is 0 Å². The summed E-state index contributed by atoms with van der Waals surface area (Å²) >= 11 is 0. The number of nitro groups is 1. The first-order valence-corrected chi connectivity index (χ1v) is 4.69. The van der Waals surface area contributed by atoms with Crippen LogP contribution < -0.4 is 0 Å². The lowest BCUT2D eigenvalue weighted by Crippen LogP contribution is -2.31. The van der Waals surface area contributed by atoms with E-state index in [1.807, 2.05) is 30.3 Å². The molecule has 0 aliphatic rings. The maximum Gasteiger partial charge on any atom is 0.213 e. The van der Waals surface area contributed by atoms with Gasteiger partial charge in [-0.2, -0.15) is 0 Å². The topological polar surface area (TPSA) is 60.2 Å². The molecule has 4 nitrogen and oxygen atoms in total. The van der Waals surface area contributed by atoms with Crippen LogP contribution >= 0.6 is 0 Å². The SMILES string of the molecule is C[C@@](CC=O)(C[N+](=O)[O-])c1ccccc1. The van der Waals surface area contributed by atoms with E-state index in [9.17, 15) is 14.9 Å². The fourth-order valence-corrected chi connectivity index (χ4v) is 1.58. The number of nitrogens with zero attached hydrogens (tertiary/aromatic N) is 1. The lowest BCUT2D eigenvalue weighted by molar-refractivity contribution is -0.490. The molecule has 1 rings (SSSR count). The molecule has 0 amide bonds. The van der Waals surface area contributed by atoms with Crippen molar-refractivity contribution in [2.75, 3.05) is 6.54 Å². The molecule has 1 aromatic carbocycles. The van der Waals surface area contributed by atoms with Crippen LogP contribution in [0.2, 0.25) is 0 Å². The molecule has 0 heterocycles. The Bertz CT molecular complexity index is 350. The van der Waals surface area contributed by atoms with Crippen molar-refractivity contribution in [3.63, 3.8) is 0 Å². The lowest BCUT2D eigenvalue weighted by Gasteiger charge is -2.23. The van der Waals surface area contributed by atoms with Crippen molar-refractivity contribution in [1.29, 1.82) is 0 Å². The third kappa shape index (κ3) is 2.87. The van der Waals surface area contributed by atoms with E-state index in [4.69, 9.17) is 0 Å². The summed E-state index contributed by atoms with van der Waals surface area (Å²) in [4.78, 5) is 20.7. The van der Waals surface area contributed by atoms with E-state index >= 15 is 0 Å². The summed E-state index contributed by atoms with van der Waals surface area (Å²) in [5.41, 5.74) is 0.126. The molecule has 0 saturated carbocycles. The van der Waals surface area contributed by atoms with Crippen molar-refractivity contribution in [3.8, 4) is 0 Å². The van der Waals surface area contributed by atoms with Gasteiger partial charge >= 0.3 is 0 Å². The standard InChI is InChI=1S/C11H13NO3/c1-11(7-8-13,9-12(14)15)10-5-3-2-4-6-10/h2-6,8H,7,9H2,1H3/t11-/m1/s1. The number of hydrogen-bond acceptors (Lipinski definition) is 3. The van der Waals surface area contributed by atoms with Gasteiger partial charge in [-0.25, -0.2) is 0 Å². The minimum absolute atomic E-state index is 0.165. The Morgan fingerprint density at radius 2 is 2.00 bits per heavy atom. The molecule has 0 spiro atoms. The molecule has 0 bridgehead atoms. The summed E-state index contributed by atoms with van der Waals surface area (Å²) in [6.07, 6.45) is 0.897. The van der Waals surface area contributed by atoms with Gasteiger partial charge in [-0.05, 0) is 12.5 Å². The highest BCUT2D eigenvalue weighted by molar-refractivity contribution is 5.53. The monoisotopic (exact) mass is 207 g/mol. The summed E-state index contributed by atoms with van der Waals surface area (Å²) in [5.74, 6) is 0. The Morgan fingerprint density at radius 1 is 1.40 bits per heavy atom. The molecule has 0 radical (unpaired) electrons. The van der Waals surface area contributed by atoms with E-state index in [2.05, 4.69) is 0 Å². The number of carbonyl (C=O) groups excluding carboxylic acids is 1. The second-order valence-corrected chi connectivity index (χ2v) is 3.79. The first kappa shape index (κ1) is 11.4. The van der Waals surface area contributed by atoms with Gasteiger partial charge in [-0.1, -0.05) is 30.3 Å². The highest BCUT2D eigenvalue weighted by atomic mass is 16.6. The van der Waals surface area contributed by atoms with E-state index in [0.29, 0.717) is 0 Å². The summed E-state index contributed by atoms with van der Waals surface area (Å²) in [7, 11) is 0. The summed E-state index contributed by atoms with van der Waals surface area (Å²) in [5, 5.41) is 10.6. The predicted octanol–water partition coefficient (Wildman–Crippen LogP) is 1.81. The molecular weight excluding hydrogens is 194 g/mol. The molecule has 0 N–H and O–H groups in total. The van der Waals surface area contributed by atoms with Crippen LogP contribution in [0.4, 0.5) is 0 Å². The minimum atomic E-state index is -0.702. The van der Waals surface area contributed by atoms with E-state index in [1.54, 1.807) is 6.92 Å². The number of benzene rings is 1. The van der Waals surface area contributed by atoms with Crippen LogP contribution in [0.15, 0.2) is 30.3 Å². The average Bonchev–Trinajstić information content (AvgIpc) is 2.18. The van der Waals surface area contributed by atoms with Crippen LogP contribution in [0.3, 0.4) is 0 Å². The van der Waals surface area contributed by atoms with Crippen molar-refractivity contribution in [2.24, 2.45) is 0 Å². The maximum absolute atomic E-state index is 10.6. The molecule has 0 saturated heterocycles. The molecule has 0 unspecified atom stereocenters. The third-order valence-electron chi connectivity index (χ3n) is 2.48. The number of carbonyl (C=O) groups is 1. The van der Waals surface area contributed by atoms with Crippen LogP contribution in [-0.2, 0) is 10.2 Å². The quantitative estimate of drug-likeness (QED) is 0.420. The van der Waals surface area contributed by atoms with Crippen molar-refractivity contribution >= 4 is 6.29 Å². The first-order chi connectivity index (χ1) is 7.08. The van der Waals surface area contributed by atoms with Gasteiger partial charge in [0.05, 0.1) is 5.41 Å². The predicted molar refractivity (Wildman–Crippen MR) is 56.3 cm³/mol. The van der Waals surface area contributed by atoms with Gasteiger partial charge in [0.15, 0.2) is 0 Å². The van der Waals surface area contributed by atoms with Gasteiger partial charge in [0.2, 0.25) is 6.54 Å². The lowest BCUT2D eigenvalue weighted by atomic mass is 9.80. The summed E-state index contributed by atoms with van der Waals surface area (Å²) in [6.45, 7) is 1.51. The van der Waals surface area contributed by atoms with Gasteiger partial charge < -0.3 is 4.79 Å². The van der Waals surface area contributed by atoms with E-state index < -0.39 is 5.41 Å². The Morgan fingerprint density at radius 3 is 2.47 bits per heavy atom. The highest BCUT2D eigenvalue weighted by Gasteiger charge is 2.31. The van der Waals surface area contributed by atoms with Crippen LogP contribution in [-0.4, -0.2) is 17.8 Å². The molecule has 1 atom stereocenters. The van der Waals surface area contributed by atoms with Gasteiger partial charge in [0, 0.05) is 11.3 Å². The molecule has 0 fully saturated rings. The number of hydrogen-bond donors (Lipinski definition) is 0. The molecule has 0 aliphatic heterocycles. The van der Waals surface area contributed by atoms with Crippen molar-refractivity contribution in [2.45, 2.75) is 18.8 Å². The van der Waals surface area contributed by atoms with Gasteiger partial charge in [0.25, 0.3) is 0 Å².